The Hall–Kier alpha value is -1.83. The fraction of sp³-hybridized carbons (Fsp3) is 0.667. The Balaban J connectivity index is 2.49. The van der Waals surface area contributed by atoms with E-state index in [1.165, 1.54) is 0 Å². The second-order valence-electron chi connectivity index (χ2n) is 3.84. The van der Waals surface area contributed by atoms with E-state index < -0.39 is 30.1 Å². The van der Waals surface area contributed by atoms with Gasteiger partial charge in [-0.2, -0.15) is 0 Å². The number of hydrogen-bond acceptors (Lipinski definition) is 4. The molecule has 1 saturated heterocycles. The van der Waals surface area contributed by atoms with Gasteiger partial charge < -0.3 is 26.2 Å². The number of aliphatic hydroxyl groups excluding tert-OH is 1. The number of hydrogen-bond donors (Lipinski definition) is 4. The highest BCUT2D eigenvalue weighted by atomic mass is 16.4. The summed E-state index contributed by atoms with van der Waals surface area (Å²) in [5.74, 6) is -1.71. The van der Waals surface area contributed by atoms with E-state index in [-0.39, 0.29) is 25.9 Å². The molecule has 96 valence electrons. The van der Waals surface area contributed by atoms with Crippen LogP contribution in [-0.4, -0.2) is 58.3 Å². The lowest BCUT2D eigenvalue weighted by atomic mass is 10.2. The molecular formula is C9H15N3O5. The van der Waals surface area contributed by atoms with Gasteiger partial charge in [-0.15, -0.1) is 0 Å². The molecule has 0 aromatic carbocycles. The highest BCUT2D eigenvalue weighted by Gasteiger charge is 2.38. The second-order valence-corrected chi connectivity index (χ2v) is 3.84. The van der Waals surface area contributed by atoms with Gasteiger partial charge in [-0.05, 0) is 0 Å². The average Bonchev–Trinajstić information content (AvgIpc) is 2.59. The van der Waals surface area contributed by atoms with Gasteiger partial charge in [0.1, 0.15) is 6.04 Å². The van der Waals surface area contributed by atoms with Crippen molar-refractivity contribution >= 4 is 17.9 Å². The standard InChI is InChI=1S/C9H15N3O5/c10-7(14)1-2-11-9(17)12-4-5(13)3-6(12)8(15)16/h5-6,13H,1-4H2,(H2,10,14)(H,11,17)(H,15,16). The van der Waals surface area contributed by atoms with Gasteiger partial charge in [-0.1, -0.05) is 0 Å². The van der Waals surface area contributed by atoms with Crippen LogP contribution in [0.1, 0.15) is 12.8 Å². The molecule has 1 aliphatic heterocycles. The first kappa shape index (κ1) is 13.2. The topological polar surface area (TPSA) is 133 Å². The Bertz CT molecular complexity index is 333. The quantitative estimate of drug-likeness (QED) is 0.458. The first-order valence-corrected chi connectivity index (χ1v) is 5.15. The summed E-state index contributed by atoms with van der Waals surface area (Å²) in [7, 11) is 0. The lowest BCUT2D eigenvalue weighted by Crippen LogP contribution is -2.46. The van der Waals surface area contributed by atoms with Crippen molar-refractivity contribution in [3.05, 3.63) is 0 Å². The number of carboxylic acid groups (broad SMARTS) is 1. The van der Waals surface area contributed by atoms with Crippen molar-refractivity contribution in [3.8, 4) is 0 Å². The molecule has 1 rings (SSSR count). The van der Waals surface area contributed by atoms with Crippen molar-refractivity contribution in [2.45, 2.75) is 25.0 Å². The van der Waals surface area contributed by atoms with Crippen molar-refractivity contribution in [1.82, 2.24) is 10.2 Å². The van der Waals surface area contributed by atoms with Gasteiger partial charge in [0.15, 0.2) is 0 Å². The van der Waals surface area contributed by atoms with Gasteiger partial charge in [0.05, 0.1) is 6.10 Å². The number of rotatable bonds is 4. The van der Waals surface area contributed by atoms with E-state index in [2.05, 4.69) is 5.32 Å². The van der Waals surface area contributed by atoms with E-state index in [0.717, 1.165) is 4.90 Å². The average molecular weight is 245 g/mol. The van der Waals surface area contributed by atoms with Crippen molar-refractivity contribution < 1.29 is 24.6 Å². The minimum Gasteiger partial charge on any atom is -0.480 e. The molecule has 1 fully saturated rings. The van der Waals surface area contributed by atoms with Crippen molar-refractivity contribution in [1.29, 1.82) is 0 Å². The molecule has 2 atom stereocenters. The zero-order valence-corrected chi connectivity index (χ0v) is 9.13. The SMILES string of the molecule is NC(=O)CCNC(=O)N1CC(O)CC1C(=O)O. The van der Waals surface area contributed by atoms with Crippen LogP contribution in [0.4, 0.5) is 4.79 Å². The fourth-order valence-corrected chi connectivity index (χ4v) is 1.67. The Labute approximate surface area is 97.4 Å². The molecule has 8 nitrogen and oxygen atoms in total. The van der Waals surface area contributed by atoms with E-state index in [1.54, 1.807) is 0 Å². The first-order chi connectivity index (χ1) is 7.91. The molecule has 17 heavy (non-hydrogen) atoms. The molecule has 0 spiro atoms. The first-order valence-electron chi connectivity index (χ1n) is 5.15. The number of amides is 3. The molecule has 0 bridgehead atoms. The van der Waals surface area contributed by atoms with Crippen LogP contribution in [0.3, 0.4) is 0 Å². The summed E-state index contributed by atoms with van der Waals surface area (Å²) in [5, 5.41) is 20.6. The largest absolute Gasteiger partial charge is 0.480 e. The number of carbonyl (C=O) groups is 3. The molecule has 3 amide bonds. The van der Waals surface area contributed by atoms with Gasteiger partial charge in [0.2, 0.25) is 5.91 Å². The Kier molecular flexibility index (Phi) is 4.27. The van der Waals surface area contributed by atoms with Gasteiger partial charge >= 0.3 is 12.0 Å². The summed E-state index contributed by atoms with van der Waals surface area (Å²) in [6.07, 6.45) is -0.837. The van der Waals surface area contributed by atoms with E-state index in [9.17, 15) is 19.5 Å². The highest BCUT2D eigenvalue weighted by molar-refractivity contribution is 5.83. The lowest BCUT2D eigenvalue weighted by Gasteiger charge is -2.21. The van der Waals surface area contributed by atoms with Crippen LogP contribution < -0.4 is 11.1 Å². The van der Waals surface area contributed by atoms with Gasteiger partial charge in [-0.25, -0.2) is 9.59 Å². The normalized spacial score (nSPS) is 23.5. The number of primary amides is 1. The monoisotopic (exact) mass is 245 g/mol. The molecule has 0 aromatic rings. The van der Waals surface area contributed by atoms with Crippen LogP contribution in [0.15, 0.2) is 0 Å². The zero-order valence-electron chi connectivity index (χ0n) is 9.13. The van der Waals surface area contributed by atoms with E-state index in [1.807, 2.05) is 0 Å². The maximum absolute atomic E-state index is 11.6. The molecule has 2 unspecified atom stereocenters. The minimum absolute atomic E-state index is 0.0125. The molecule has 0 radical (unpaired) electrons. The number of aliphatic hydroxyl groups is 1. The zero-order chi connectivity index (χ0) is 13.0. The van der Waals surface area contributed by atoms with Gasteiger partial charge in [0, 0.05) is 25.9 Å². The summed E-state index contributed by atoms with van der Waals surface area (Å²) < 4.78 is 0. The summed E-state index contributed by atoms with van der Waals surface area (Å²) in [4.78, 5) is 33.9. The highest BCUT2D eigenvalue weighted by Crippen LogP contribution is 2.17. The van der Waals surface area contributed by atoms with Crippen molar-refractivity contribution in [3.63, 3.8) is 0 Å². The Morgan fingerprint density at radius 3 is 2.59 bits per heavy atom. The second kappa shape index (κ2) is 5.48. The van der Waals surface area contributed by atoms with Crippen LogP contribution >= 0.6 is 0 Å². The summed E-state index contributed by atoms with van der Waals surface area (Å²) in [5.41, 5.74) is 4.89. The van der Waals surface area contributed by atoms with Crippen LogP contribution in [0.5, 0.6) is 0 Å². The molecular weight excluding hydrogens is 230 g/mol. The molecule has 1 aliphatic rings. The summed E-state index contributed by atoms with van der Waals surface area (Å²) in [6, 6.07) is -1.64. The predicted molar refractivity (Wildman–Crippen MR) is 56.0 cm³/mol. The number of carboxylic acids is 1. The Morgan fingerprint density at radius 1 is 1.41 bits per heavy atom. The predicted octanol–water partition coefficient (Wildman–Crippen LogP) is -1.91. The number of β-amino-alcohol motifs (C(OH)–C–C–N with tert-alkyl or cyclic N) is 1. The smallest absolute Gasteiger partial charge is 0.326 e. The van der Waals surface area contributed by atoms with Crippen LogP contribution in [0, 0.1) is 0 Å². The number of nitrogens with two attached hydrogens (primary N) is 1. The maximum atomic E-state index is 11.6. The minimum atomic E-state index is -1.16. The number of aliphatic carboxylic acids is 1. The number of urea groups is 1. The number of nitrogens with zero attached hydrogens (tertiary/aromatic N) is 1. The van der Waals surface area contributed by atoms with Crippen LogP contribution in [-0.2, 0) is 9.59 Å². The third-order valence-corrected chi connectivity index (χ3v) is 2.47. The van der Waals surface area contributed by atoms with E-state index in [0.29, 0.717) is 0 Å². The number of likely N-dealkylation sites (tertiary alicyclic amines) is 1. The molecule has 0 aromatic heterocycles. The fourth-order valence-electron chi connectivity index (χ4n) is 1.67. The van der Waals surface area contributed by atoms with Crippen molar-refractivity contribution in [2.75, 3.05) is 13.1 Å². The molecule has 0 saturated carbocycles. The third-order valence-electron chi connectivity index (χ3n) is 2.47. The number of carbonyl (C=O) groups excluding carboxylic acids is 2. The van der Waals surface area contributed by atoms with E-state index >= 15 is 0 Å². The molecule has 0 aliphatic carbocycles. The number of nitrogens with one attached hydrogen (secondary N) is 1. The molecule has 1 heterocycles. The summed E-state index contributed by atoms with van der Waals surface area (Å²) in [6.45, 7) is 0.0203. The van der Waals surface area contributed by atoms with Gasteiger partial charge in [0.25, 0.3) is 0 Å². The van der Waals surface area contributed by atoms with Crippen LogP contribution in [0.2, 0.25) is 0 Å². The molecule has 5 N–H and O–H groups in total. The van der Waals surface area contributed by atoms with Gasteiger partial charge in [-0.3, -0.25) is 4.79 Å². The van der Waals surface area contributed by atoms with Crippen LogP contribution in [0.25, 0.3) is 0 Å². The maximum Gasteiger partial charge on any atom is 0.326 e. The molecule has 8 heteroatoms. The Morgan fingerprint density at radius 2 is 2.06 bits per heavy atom. The third kappa shape index (κ3) is 3.59. The lowest BCUT2D eigenvalue weighted by molar-refractivity contribution is -0.141. The summed E-state index contributed by atoms with van der Waals surface area (Å²) >= 11 is 0. The van der Waals surface area contributed by atoms with Crippen molar-refractivity contribution in [2.24, 2.45) is 5.73 Å². The van der Waals surface area contributed by atoms with E-state index in [4.69, 9.17) is 10.8 Å².